The molecule has 41 heavy (non-hydrogen) atoms. The van der Waals surface area contributed by atoms with Crippen molar-refractivity contribution < 1.29 is 14.9 Å². The van der Waals surface area contributed by atoms with Gasteiger partial charge in [0.15, 0.2) is 11.2 Å². The summed E-state index contributed by atoms with van der Waals surface area (Å²) in [5, 5.41) is 29.4. The van der Waals surface area contributed by atoms with Crippen molar-refractivity contribution in [3.8, 4) is 0 Å². The van der Waals surface area contributed by atoms with Crippen LogP contribution < -0.4 is 21.7 Å². The van der Waals surface area contributed by atoms with Gasteiger partial charge in [-0.3, -0.25) is 23.9 Å². The van der Waals surface area contributed by atoms with E-state index < -0.39 is 34.9 Å². The van der Waals surface area contributed by atoms with Crippen molar-refractivity contribution in [3.63, 3.8) is 0 Å². The average molecular weight is 548 g/mol. The van der Waals surface area contributed by atoms with Crippen molar-refractivity contribution in [1.29, 1.82) is 0 Å². The molecule has 1 saturated heterocycles. The molecule has 0 spiro atoms. The van der Waals surface area contributed by atoms with E-state index in [0.29, 0.717) is 11.1 Å². The molecule has 7 aromatic rings. The van der Waals surface area contributed by atoms with E-state index in [1.165, 1.54) is 17.0 Å². The monoisotopic (exact) mass is 547 g/mol. The van der Waals surface area contributed by atoms with Gasteiger partial charge in [-0.1, -0.05) is 42.5 Å². The van der Waals surface area contributed by atoms with Crippen LogP contribution in [0.25, 0.3) is 54.3 Å². The Balaban J connectivity index is 1.34. The highest BCUT2D eigenvalue weighted by molar-refractivity contribution is 6.30. The van der Waals surface area contributed by atoms with Crippen LogP contribution in [0, 0.1) is 0 Å². The third-order valence-electron chi connectivity index (χ3n) is 8.04. The zero-order chi connectivity index (χ0) is 28.0. The van der Waals surface area contributed by atoms with Crippen molar-refractivity contribution in [2.24, 2.45) is 0 Å². The van der Waals surface area contributed by atoms with Gasteiger partial charge in [0.2, 0.25) is 16.8 Å². The minimum absolute atomic E-state index is 0.0338. The number of nitrogens with zero attached hydrogens (tertiary/aromatic N) is 3. The van der Waals surface area contributed by atoms with Gasteiger partial charge in [-0.2, -0.15) is 4.98 Å². The van der Waals surface area contributed by atoms with Gasteiger partial charge in [0.05, 0.1) is 24.7 Å². The first-order valence-corrected chi connectivity index (χ1v) is 13.1. The van der Waals surface area contributed by atoms with E-state index in [4.69, 9.17) is 4.74 Å². The van der Waals surface area contributed by atoms with Crippen LogP contribution in [0.4, 0.5) is 11.6 Å². The summed E-state index contributed by atoms with van der Waals surface area (Å²) in [5.74, 6) is 0.0338. The van der Waals surface area contributed by atoms with Gasteiger partial charge in [0, 0.05) is 23.3 Å². The molecular weight excluding hydrogens is 526 g/mol. The van der Waals surface area contributed by atoms with Crippen molar-refractivity contribution in [3.05, 3.63) is 91.7 Å². The summed E-state index contributed by atoms with van der Waals surface area (Å²) in [4.78, 5) is 50.3. The summed E-state index contributed by atoms with van der Waals surface area (Å²) in [6.45, 7) is -0.354. The van der Waals surface area contributed by atoms with Gasteiger partial charge in [0.25, 0.3) is 5.56 Å². The van der Waals surface area contributed by atoms with Gasteiger partial charge in [-0.05, 0) is 38.4 Å². The molecule has 3 heterocycles. The molecule has 11 nitrogen and oxygen atoms in total. The van der Waals surface area contributed by atoms with Crippen LogP contribution in [-0.2, 0) is 4.74 Å². The summed E-state index contributed by atoms with van der Waals surface area (Å²) in [7, 11) is 0. The summed E-state index contributed by atoms with van der Waals surface area (Å²) >= 11 is 0. The van der Waals surface area contributed by atoms with Crippen molar-refractivity contribution in [2.45, 2.75) is 24.9 Å². The molecule has 0 aliphatic carbocycles. The first-order valence-electron chi connectivity index (χ1n) is 13.1. The number of aromatic amines is 1. The predicted molar refractivity (Wildman–Crippen MR) is 154 cm³/mol. The molecular formula is C30H21N5O6. The highest BCUT2D eigenvalue weighted by atomic mass is 16.5. The number of aliphatic hydroxyl groups excluding tert-OH is 2. The van der Waals surface area contributed by atoms with E-state index in [2.05, 4.69) is 20.3 Å². The normalized spacial score (nSPS) is 19.4. The fourth-order valence-corrected chi connectivity index (χ4v) is 6.15. The number of anilines is 2. The van der Waals surface area contributed by atoms with Crippen molar-refractivity contribution >= 4 is 65.9 Å². The average Bonchev–Trinajstić information content (AvgIpc) is 3.57. The SMILES string of the molecule is O=c1cc(Nc2nc3c(ncn3[C@H]3C[C@H](O)[C@@H](CO)O3)c(=O)[nH]2)c2c(cc3ccc4cccc5ccc2c3c45)c1=O. The Morgan fingerprint density at radius 2 is 1.76 bits per heavy atom. The van der Waals surface area contributed by atoms with Gasteiger partial charge in [0.1, 0.15) is 12.3 Å². The summed E-state index contributed by atoms with van der Waals surface area (Å²) in [6.07, 6.45) is -0.755. The number of nitrogens with one attached hydrogen (secondary N) is 2. The van der Waals surface area contributed by atoms with Gasteiger partial charge in [-0.25, -0.2) is 4.98 Å². The maximum Gasteiger partial charge on any atom is 0.280 e. The minimum Gasteiger partial charge on any atom is -0.394 e. The second-order valence-electron chi connectivity index (χ2n) is 10.4. The molecule has 1 aliphatic heterocycles. The number of aromatic nitrogens is 4. The molecule has 3 atom stereocenters. The maximum atomic E-state index is 13.1. The molecule has 202 valence electrons. The van der Waals surface area contributed by atoms with Gasteiger partial charge in [-0.15, -0.1) is 0 Å². The highest BCUT2D eigenvalue weighted by Crippen LogP contribution is 2.40. The van der Waals surface area contributed by atoms with E-state index in [1.807, 2.05) is 42.5 Å². The Morgan fingerprint density at radius 3 is 2.54 bits per heavy atom. The first-order chi connectivity index (χ1) is 19.9. The van der Waals surface area contributed by atoms with Gasteiger partial charge < -0.3 is 20.3 Å². The zero-order valence-electron chi connectivity index (χ0n) is 21.3. The Labute approximate surface area is 229 Å². The molecule has 8 rings (SSSR count). The lowest BCUT2D eigenvalue weighted by atomic mass is 9.90. The van der Waals surface area contributed by atoms with Crippen LogP contribution in [0.3, 0.4) is 0 Å². The molecule has 11 heteroatoms. The van der Waals surface area contributed by atoms with Crippen LogP contribution in [0.2, 0.25) is 0 Å². The molecule has 0 radical (unpaired) electrons. The number of aliphatic hydroxyl groups is 2. The van der Waals surface area contributed by atoms with E-state index in [9.17, 15) is 24.6 Å². The number of ether oxygens (including phenoxy) is 1. The number of imidazole rings is 1. The number of rotatable bonds is 4. The molecule has 5 aromatic carbocycles. The zero-order valence-corrected chi connectivity index (χ0v) is 21.3. The van der Waals surface area contributed by atoms with Crippen LogP contribution in [0.5, 0.6) is 0 Å². The standard InChI is InChI=1S/C30H21N5O6/c36-11-21-19(37)10-22(41-21)35-12-31-26-28(35)33-30(34-29(26)40)32-18-9-20(38)27(39)17-8-15-5-4-13-2-1-3-14-6-7-16(25(17)18)24(15)23(13)14/h1-9,12,19,21-22,36-37H,10-11H2,(H2,32,33,34,40)/t19-,21+,22+/m0/s1. The van der Waals surface area contributed by atoms with Crippen LogP contribution >= 0.6 is 0 Å². The quantitative estimate of drug-likeness (QED) is 0.148. The smallest absolute Gasteiger partial charge is 0.280 e. The second kappa shape index (κ2) is 8.51. The number of hydrogen-bond acceptors (Lipinski definition) is 9. The van der Waals surface area contributed by atoms with Crippen molar-refractivity contribution in [1.82, 2.24) is 19.5 Å². The van der Waals surface area contributed by atoms with E-state index >= 15 is 0 Å². The second-order valence-corrected chi connectivity index (χ2v) is 10.4. The van der Waals surface area contributed by atoms with Crippen LogP contribution in [-0.4, -0.2) is 48.5 Å². The molecule has 0 saturated carbocycles. The number of hydrogen-bond donors (Lipinski definition) is 4. The fraction of sp³-hybridized carbons (Fsp3) is 0.167. The molecule has 0 unspecified atom stereocenters. The molecule has 1 aliphatic rings. The predicted octanol–water partition coefficient (Wildman–Crippen LogP) is 2.71. The first kappa shape index (κ1) is 23.9. The topological polar surface area (TPSA) is 159 Å². The van der Waals surface area contributed by atoms with E-state index in [-0.39, 0.29) is 35.5 Å². The third kappa shape index (κ3) is 3.40. The number of benzene rings is 5. The molecule has 2 aromatic heterocycles. The Bertz CT molecular complexity index is 2330. The molecule has 4 N–H and O–H groups in total. The summed E-state index contributed by atoms with van der Waals surface area (Å²) in [5.41, 5.74) is -1.24. The Hall–Kier alpha value is -4.97. The maximum absolute atomic E-state index is 13.1. The highest BCUT2D eigenvalue weighted by Gasteiger charge is 2.35. The van der Waals surface area contributed by atoms with Gasteiger partial charge >= 0.3 is 0 Å². The molecule has 0 bridgehead atoms. The summed E-state index contributed by atoms with van der Waals surface area (Å²) in [6, 6.07) is 16.9. The Kier molecular flexibility index (Phi) is 4.96. The van der Waals surface area contributed by atoms with E-state index in [0.717, 1.165) is 32.3 Å². The Morgan fingerprint density at radius 1 is 0.976 bits per heavy atom. The lowest BCUT2D eigenvalue weighted by Gasteiger charge is -2.16. The largest absolute Gasteiger partial charge is 0.394 e. The lowest BCUT2D eigenvalue weighted by molar-refractivity contribution is -0.0432. The number of fused-ring (bicyclic) bond motifs is 3. The van der Waals surface area contributed by atoms with Crippen molar-refractivity contribution in [2.75, 3.05) is 11.9 Å². The molecule has 1 fully saturated rings. The van der Waals surface area contributed by atoms with E-state index in [1.54, 1.807) is 6.07 Å². The number of H-pyrrole nitrogens is 1. The minimum atomic E-state index is -0.883. The van der Waals surface area contributed by atoms with Crippen LogP contribution in [0.15, 0.2) is 75.3 Å². The molecule has 0 amide bonds. The lowest BCUT2D eigenvalue weighted by Crippen LogP contribution is -2.24. The summed E-state index contributed by atoms with van der Waals surface area (Å²) < 4.78 is 7.27. The van der Waals surface area contributed by atoms with Crippen LogP contribution in [0.1, 0.15) is 12.6 Å². The fourth-order valence-electron chi connectivity index (χ4n) is 6.15. The third-order valence-corrected chi connectivity index (χ3v) is 8.04.